The van der Waals surface area contributed by atoms with E-state index in [0.717, 1.165) is 0 Å². The molecule has 0 bridgehead atoms. The number of hydrogen-bond donors (Lipinski definition) is 3. The summed E-state index contributed by atoms with van der Waals surface area (Å²) in [5, 5.41) is 18.6. The number of rotatable bonds is 6. The Balaban J connectivity index is 0.00000288. The lowest BCUT2D eigenvalue weighted by Gasteiger charge is -2.11. The molecule has 0 unspecified atom stereocenters. The van der Waals surface area contributed by atoms with Crippen LogP contribution < -0.4 is 10.5 Å². The highest BCUT2D eigenvalue weighted by atomic mass is 35.5. The second-order valence-corrected chi connectivity index (χ2v) is 5.44. The van der Waals surface area contributed by atoms with Gasteiger partial charge in [0.25, 0.3) is 0 Å². The van der Waals surface area contributed by atoms with Crippen molar-refractivity contribution in [2.75, 3.05) is 13.2 Å². The minimum atomic E-state index is -0.347. The second-order valence-electron chi connectivity index (χ2n) is 4.69. The van der Waals surface area contributed by atoms with Crippen LogP contribution in [0.1, 0.15) is 21.5 Å². The molecule has 0 amide bonds. The summed E-state index contributed by atoms with van der Waals surface area (Å²) in [6, 6.07) is 7.42. The summed E-state index contributed by atoms with van der Waals surface area (Å²) in [4.78, 5) is 12.6. The van der Waals surface area contributed by atoms with Gasteiger partial charge in [-0.3, -0.25) is 4.79 Å². The number of aliphatic hydroxyl groups is 1. The molecule has 0 heterocycles. The molecule has 2 rings (SSSR count). The lowest BCUT2D eigenvalue weighted by Crippen LogP contribution is -2.06. The van der Waals surface area contributed by atoms with Crippen molar-refractivity contribution >= 4 is 41.4 Å². The van der Waals surface area contributed by atoms with Crippen molar-refractivity contribution in [1.29, 1.82) is 0 Å². The fourth-order valence-corrected chi connectivity index (χ4v) is 2.48. The van der Waals surface area contributed by atoms with Crippen molar-refractivity contribution < 1.29 is 19.7 Å². The van der Waals surface area contributed by atoms with Gasteiger partial charge < -0.3 is 20.7 Å². The monoisotopic (exact) mass is 391 g/mol. The van der Waals surface area contributed by atoms with Crippen LogP contribution in [0.25, 0.3) is 0 Å². The average molecular weight is 393 g/mol. The molecule has 0 radical (unpaired) electrons. The van der Waals surface area contributed by atoms with Crippen LogP contribution in [-0.4, -0.2) is 29.2 Å². The number of ether oxygens (including phenoxy) is 1. The SMILES string of the molecule is Cl.NCc1cc(C(=O)c2ccc(OCCO)c(Cl)c2Cl)ccc1O. The second kappa shape index (κ2) is 9.11. The van der Waals surface area contributed by atoms with Crippen LogP contribution in [0.5, 0.6) is 11.5 Å². The summed E-state index contributed by atoms with van der Waals surface area (Å²) in [6.45, 7) is 0.0144. The molecular formula is C16H16Cl3NO4. The number of hydrogen-bond acceptors (Lipinski definition) is 5. The predicted octanol–water partition coefficient (Wildman–Crippen LogP) is 3.18. The van der Waals surface area contributed by atoms with Crippen LogP contribution >= 0.6 is 35.6 Å². The Morgan fingerprint density at radius 2 is 1.88 bits per heavy atom. The zero-order chi connectivity index (χ0) is 17.0. The number of benzene rings is 2. The van der Waals surface area contributed by atoms with E-state index in [1.54, 1.807) is 0 Å². The Labute approximate surface area is 155 Å². The van der Waals surface area contributed by atoms with E-state index in [4.69, 9.17) is 38.8 Å². The fraction of sp³-hybridized carbons (Fsp3) is 0.188. The lowest BCUT2D eigenvalue weighted by atomic mass is 10.0. The third-order valence-electron chi connectivity index (χ3n) is 3.20. The predicted molar refractivity (Wildman–Crippen MR) is 95.7 cm³/mol. The number of halogens is 3. The number of phenols is 1. The summed E-state index contributed by atoms with van der Waals surface area (Å²) < 4.78 is 5.23. The van der Waals surface area contributed by atoms with Gasteiger partial charge in [0.05, 0.1) is 11.6 Å². The first-order valence-corrected chi connectivity index (χ1v) is 7.53. The smallest absolute Gasteiger partial charge is 0.194 e. The summed E-state index contributed by atoms with van der Waals surface area (Å²) in [5.41, 5.74) is 6.53. The summed E-state index contributed by atoms with van der Waals surface area (Å²) >= 11 is 12.3. The topological polar surface area (TPSA) is 92.8 Å². The summed E-state index contributed by atoms with van der Waals surface area (Å²) in [6.07, 6.45) is 0. The summed E-state index contributed by atoms with van der Waals surface area (Å²) in [5.74, 6) is -0.0307. The number of carbonyl (C=O) groups excluding carboxylic acids is 1. The van der Waals surface area contributed by atoms with E-state index in [2.05, 4.69) is 0 Å². The van der Waals surface area contributed by atoms with Gasteiger partial charge in [0.1, 0.15) is 23.1 Å². The van der Waals surface area contributed by atoms with Crippen LogP contribution in [0.2, 0.25) is 10.0 Å². The highest BCUT2D eigenvalue weighted by molar-refractivity contribution is 6.45. The first-order chi connectivity index (χ1) is 11.0. The fourth-order valence-electron chi connectivity index (χ4n) is 2.02. The molecular weight excluding hydrogens is 377 g/mol. The van der Waals surface area contributed by atoms with Crippen molar-refractivity contribution in [2.24, 2.45) is 5.73 Å². The Bertz CT molecular complexity index is 738. The van der Waals surface area contributed by atoms with Crippen molar-refractivity contribution in [3.8, 4) is 11.5 Å². The standard InChI is InChI=1S/C16H15Cl2NO4.ClH/c17-14-11(2-4-13(15(14)18)23-6-5-20)16(22)9-1-3-12(21)10(7-9)8-19;/h1-4,7,20-21H,5-6,8,19H2;1H. The third-order valence-corrected chi connectivity index (χ3v) is 4.07. The van der Waals surface area contributed by atoms with Gasteiger partial charge in [0.15, 0.2) is 5.78 Å². The molecule has 24 heavy (non-hydrogen) atoms. The zero-order valence-electron chi connectivity index (χ0n) is 12.5. The quantitative estimate of drug-likeness (QED) is 0.657. The van der Waals surface area contributed by atoms with Gasteiger partial charge in [-0.05, 0) is 30.3 Å². The number of phenolic OH excluding ortho intramolecular Hbond substituents is 1. The lowest BCUT2D eigenvalue weighted by molar-refractivity contribution is 0.103. The molecule has 0 aromatic heterocycles. The van der Waals surface area contributed by atoms with E-state index in [1.165, 1.54) is 30.3 Å². The van der Waals surface area contributed by atoms with Crippen molar-refractivity contribution in [3.05, 3.63) is 57.1 Å². The first kappa shape index (κ1) is 20.5. The van der Waals surface area contributed by atoms with E-state index < -0.39 is 0 Å². The minimum Gasteiger partial charge on any atom is -0.508 e. The van der Waals surface area contributed by atoms with E-state index >= 15 is 0 Å². The van der Waals surface area contributed by atoms with Gasteiger partial charge in [0.2, 0.25) is 0 Å². The van der Waals surface area contributed by atoms with Crippen molar-refractivity contribution in [3.63, 3.8) is 0 Å². The maximum atomic E-state index is 12.6. The van der Waals surface area contributed by atoms with E-state index in [0.29, 0.717) is 11.1 Å². The van der Waals surface area contributed by atoms with Gasteiger partial charge in [-0.25, -0.2) is 0 Å². The Morgan fingerprint density at radius 3 is 2.50 bits per heavy atom. The van der Waals surface area contributed by atoms with Gasteiger partial charge in [-0.15, -0.1) is 12.4 Å². The molecule has 0 spiro atoms. The van der Waals surface area contributed by atoms with Crippen LogP contribution in [0.4, 0.5) is 0 Å². The number of aromatic hydroxyl groups is 1. The largest absolute Gasteiger partial charge is 0.508 e. The maximum absolute atomic E-state index is 12.6. The number of carbonyl (C=O) groups is 1. The van der Waals surface area contributed by atoms with Gasteiger partial charge >= 0.3 is 0 Å². The Kier molecular flexibility index (Phi) is 7.79. The highest BCUT2D eigenvalue weighted by Crippen LogP contribution is 2.36. The molecule has 0 fully saturated rings. The maximum Gasteiger partial charge on any atom is 0.194 e. The van der Waals surface area contributed by atoms with Gasteiger partial charge in [-0.2, -0.15) is 0 Å². The molecule has 2 aromatic rings. The molecule has 5 nitrogen and oxygen atoms in total. The molecule has 4 N–H and O–H groups in total. The van der Waals surface area contributed by atoms with Crippen LogP contribution in [0.15, 0.2) is 30.3 Å². The van der Waals surface area contributed by atoms with E-state index in [-0.39, 0.29) is 65.1 Å². The van der Waals surface area contributed by atoms with E-state index in [9.17, 15) is 9.90 Å². The molecule has 0 saturated heterocycles. The molecule has 0 saturated carbocycles. The van der Waals surface area contributed by atoms with Gasteiger partial charge in [0, 0.05) is 23.2 Å². The normalized spacial score (nSPS) is 10.2. The minimum absolute atomic E-state index is 0. The first-order valence-electron chi connectivity index (χ1n) is 6.78. The number of nitrogens with two attached hydrogens (primary N) is 1. The third kappa shape index (κ3) is 4.32. The van der Waals surface area contributed by atoms with Crippen molar-refractivity contribution in [2.45, 2.75) is 6.54 Å². The highest BCUT2D eigenvalue weighted by Gasteiger charge is 2.19. The van der Waals surface area contributed by atoms with Crippen LogP contribution in [0, 0.1) is 0 Å². The molecule has 130 valence electrons. The Morgan fingerprint density at radius 1 is 1.17 bits per heavy atom. The van der Waals surface area contributed by atoms with E-state index in [1.807, 2.05) is 0 Å². The summed E-state index contributed by atoms with van der Waals surface area (Å²) in [7, 11) is 0. The molecule has 0 aliphatic heterocycles. The van der Waals surface area contributed by atoms with Gasteiger partial charge in [-0.1, -0.05) is 23.2 Å². The molecule has 0 aliphatic carbocycles. The Hall–Kier alpha value is -1.50. The zero-order valence-corrected chi connectivity index (χ0v) is 14.8. The van der Waals surface area contributed by atoms with Crippen molar-refractivity contribution in [1.82, 2.24) is 0 Å². The molecule has 2 aromatic carbocycles. The molecule has 0 aliphatic rings. The molecule has 0 atom stereocenters. The number of aliphatic hydroxyl groups excluding tert-OH is 1. The average Bonchev–Trinajstić information content (AvgIpc) is 2.56. The number of ketones is 1. The van der Waals surface area contributed by atoms with Crippen LogP contribution in [0.3, 0.4) is 0 Å². The molecule has 8 heteroatoms. The van der Waals surface area contributed by atoms with Crippen LogP contribution in [-0.2, 0) is 6.54 Å².